The molecule has 23 heavy (non-hydrogen) atoms. The number of hydrogen-bond acceptors (Lipinski definition) is 6. The molecule has 120 valence electrons. The van der Waals surface area contributed by atoms with Crippen molar-refractivity contribution in [2.24, 2.45) is 5.73 Å². The first-order valence-electron chi connectivity index (χ1n) is 7.37. The van der Waals surface area contributed by atoms with Crippen LogP contribution >= 0.6 is 0 Å². The lowest BCUT2D eigenvalue weighted by Crippen LogP contribution is -2.61. The first kappa shape index (κ1) is 15.4. The molecule has 0 saturated carbocycles. The molecule has 3 rings (SSSR count). The average Bonchev–Trinajstić information content (AvgIpc) is 2.62. The number of aromatic nitrogens is 2. The molecule has 2 heterocycles. The fourth-order valence-corrected chi connectivity index (χ4v) is 2.69. The van der Waals surface area contributed by atoms with Crippen molar-refractivity contribution in [2.75, 3.05) is 26.3 Å². The summed E-state index contributed by atoms with van der Waals surface area (Å²) in [5, 5.41) is 0. The van der Waals surface area contributed by atoms with Crippen molar-refractivity contribution in [3.8, 4) is 5.88 Å². The predicted molar refractivity (Wildman–Crippen MR) is 82.4 cm³/mol. The van der Waals surface area contributed by atoms with Gasteiger partial charge in [0.05, 0.1) is 13.2 Å². The summed E-state index contributed by atoms with van der Waals surface area (Å²) in [5.41, 5.74) is 5.02. The van der Waals surface area contributed by atoms with Crippen LogP contribution in [-0.4, -0.2) is 47.1 Å². The molecule has 7 nitrogen and oxygen atoms in total. The van der Waals surface area contributed by atoms with Gasteiger partial charge in [0.15, 0.2) is 0 Å². The van der Waals surface area contributed by atoms with Crippen LogP contribution < -0.4 is 10.5 Å². The van der Waals surface area contributed by atoms with Crippen LogP contribution in [0.2, 0.25) is 0 Å². The Morgan fingerprint density at radius 3 is 2.57 bits per heavy atom. The number of amides is 1. The second kappa shape index (κ2) is 6.72. The zero-order valence-electron chi connectivity index (χ0n) is 12.6. The van der Waals surface area contributed by atoms with Crippen molar-refractivity contribution in [1.82, 2.24) is 14.9 Å². The van der Waals surface area contributed by atoms with E-state index in [4.69, 9.17) is 15.2 Å². The van der Waals surface area contributed by atoms with Crippen LogP contribution in [0.1, 0.15) is 5.56 Å². The minimum Gasteiger partial charge on any atom is -0.442 e. The summed E-state index contributed by atoms with van der Waals surface area (Å²) in [6, 6.07) is 10.8. The summed E-state index contributed by atoms with van der Waals surface area (Å²) in [4.78, 5) is 22.3. The van der Waals surface area contributed by atoms with Gasteiger partial charge in [-0.1, -0.05) is 30.3 Å². The molecule has 0 spiro atoms. The summed E-state index contributed by atoms with van der Waals surface area (Å²) in [6.07, 6.45) is 2.92. The molecule has 1 aliphatic heterocycles. The van der Waals surface area contributed by atoms with Crippen LogP contribution in [0, 0.1) is 0 Å². The first-order valence-corrected chi connectivity index (χ1v) is 7.37. The Labute approximate surface area is 134 Å². The maximum absolute atomic E-state index is 12.5. The number of nitrogens with two attached hydrogens (primary N) is 1. The Kier molecular flexibility index (Phi) is 4.50. The first-order chi connectivity index (χ1) is 11.2. The van der Waals surface area contributed by atoms with E-state index in [1.165, 1.54) is 6.33 Å². The molecule has 2 aromatic rings. The van der Waals surface area contributed by atoms with Crippen LogP contribution in [0.3, 0.4) is 0 Å². The number of ether oxygens (including phenoxy) is 2. The van der Waals surface area contributed by atoms with Gasteiger partial charge in [-0.2, -0.15) is 0 Å². The molecule has 1 atom stereocenters. The third-order valence-electron chi connectivity index (χ3n) is 3.76. The molecule has 7 heteroatoms. The standard InChI is InChI=1S/C16H18N4O3/c17-15(21)16(13-4-2-1-3-5-13,20-8-10-22-11-9-20)23-14-6-7-18-12-19-14/h1-7,12H,8-11H2,(H2,17,21). The van der Waals surface area contributed by atoms with Gasteiger partial charge >= 0.3 is 0 Å². The Hall–Kier alpha value is -2.51. The summed E-state index contributed by atoms with van der Waals surface area (Å²) in [7, 11) is 0. The largest absolute Gasteiger partial charge is 0.442 e. The third-order valence-corrected chi connectivity index (χ3v) is 3.76. The summed E-state index contributed by atoms with van der Waals surface area (Å²) in [6.45, 7) is 2.08. The van der Waals surface area contributed by atoms with E-state index in [0.717, 1.165) is 0 Å². The van der Waals surface area contributed by atoms with Crippen molar-refractivity contribution in [3.05, 3.63) is 54.5 Å². The number of morpholine rings is 1. The summed E-state index contributed by atoms with van der Waals surface area (Å²) >= 11 is 0. The normalized spacial score (nSPS) is 18.1. The van der Waals surface area contributed by atoms with Crippen molar-refractivity contribution < 1.29 is 14.3 Å². The van der Waals surface area contributed by atoms with Crippen LogP contribution in [0.4, 0.5) is 0 Å². The van der Waals surface area contributed by atoms with Gasteiger partial charge in [-0.05, 0) is 0 Å². The third kappa shape index (κ3) is 3.01. The van der Waals surface area contributed by atoms with Crippen LogP contribution in [0.15, 0.2) is 48.9 Å². The molecule has 2 N–H and O–H groups in total. The lowest BCUT2D eigenvalue weighted by atomic mass is 9.99. The highest BCUT2D eigenvalue weighted by Gasteiger charge is 2.48. The molecule has 0 bridgehead atoms. The van der Waals surface area contributed by atoms with E-state index in [9.17, 15) is 4.79 Å². The van der Waals surface area contributed by atoms with Crippen LogP contribution in [0.25, 0.3) is 0 Å². The second-order valence-electron chi connectivity index (χ2n) is 5.12. The molecule has 1 aliphatic rings. The summed E-state index contributed by atoms with van der Waals surface area (Å²) in [5.74, 6) is -0.307. The number of carbonyl (C=O) groups is 1. The maximum Gasteiger partial charge on any atom is 0.282 e. The van der Waals surface area contributed by atoms with Gasteiger partial charge in [0.2, 0.25) is 5.88 Å². The number of primary amides is 1. The molecule has 1 aromatic heterocycles. The lowest BCUT2D eigenvalue weighted by Gasteiger charge is -2.42. The Morgan fingerprint density at radius 1 is 1.22 bits per heavy atom. The fraction of sp³-hybridized carbons (Fsp3) is 0.312. The van der Waals surface area contributed by atoms with Gasteiger partial charge in [-0.3, -0.25) is 4.79 Å². The van der Waals surface area contributed by atoms with E-state index < -0.39 is 11.6 Å². The monoisotopic (exact) mass is 314 g/mol. The number of carbonyl (C=O) groups excluding carboxylic acids is 1. The Morgan fingerprint density at radius 2 is 1.96 bits per heavy atom. The smallest absolute Gasteiger partial charge is 0.282 e. The average molecular weight is 314 g/mol. The van der Waals surface area contributed by atoms with Gasteiger partial charge in [0, 0.05) is 30.9 Å². The van der Waals surface area contributed by atoms with Gasteiger partial charge < -0.3 is 15.2 Å². The quantitative estimate of drug-likeness (QED) is 0.865. The molecule has 0 radical (unpaired) electrons. The van der Waals surface area contributed by atoms with E-state index in [1.807, 2.05) is 35.2 Å². The zero-order valence-corrected chi connectivity index (χ0v) is 12.6. The highest BCUT2D eigenvalue weighted by atomic mass is 16.5. The minimum absolute atomic E-state index is 0.286. The van der Waals surface area contributed by atoms with Crippen molar-refractivity contribution in [2.45, 2.75) is 5.72 Å². The number of nitrogens with zero attached hydrogens (tertiary/aromatic N) is 3. The van der Waals surface area contributed by atoms with Gasteiger partial charge in [0.1, 0.15) is 6.33 Å². The van der Waals surface area contributed by atoms with Crippen molar-refractivity contribution >= 4 is 5.91 Å². The minimum atomic E-state index is -1.43. The molecular weight excluding hydrogens is 296 g/mol. The molecule has 1 saturated heterocycles. The van der Waals surface area contributed by atoms with E-state index in [0.29, 0.717) is 31.9 Å². The van der Waals surface area contributed by atoms with Crippen LogP contribution in [0.5, 0.6) is 5.88 Å². The molecule has 1 amide bonds. The van der Waals surface area contributed by atoms with Gasteiger partial charge in [-0.15, -0.1) is 0 Å². The highest BCUT2D eigenvalue weighted by Crippen LogP contribution is 2.31. The van der Waals surface area contributed by atoms with E-state index >= 15 is 0 Å². The topological polar surface area (TPSA) is 90.6 Å². The predicted octanol–water partition coefficient (Wildman–Crippen LogP) is 0.526. The molecular formula is C16H18N4O3. The van der Waals surface area contributed by atoms with E-state index in [1.54, 1.807) is 12.3 Å². The molecule has 1 unspecified atom stereocenters. The molecule has 1 fully saturated rings. The Bertz CT molecular complexity index is 647. The highest BCUT2D eigenvalue weighted by molar-refractivity contribution is 5.85. The number of hydrogen-bond donors (Lipinski definition) is 1. The van der Waals surface area contributed by atoms with E-state index in [2.05, 4.69) is 9.97 Å². The maximum atomic E-state index is 12.5. The van der Waals surface area contributed by atoms with Crippen molar-refractivity contribution in [1.29, 1.82) is 0 Å². The van der Waals surface area contributed by atoms with Crippen molar-refractivity contribution in [3.63, 3.8) is 0 Å². The number of rotatable bonds is 5. The molecule has 0 aliphatic carbocycles. The van der Waals surface area contributed by atoms with Gasteiger partial charge in [0.25, 0.3) is 11.6 Å². The Balaban J connectivity index is 2.07. The number of benzene rings is 1. The van der Waals surface area contributed by atoms with Crippen LogP contribution in [-0.2, 0) is 15.3 Å². The second-order valence-corrected chi connectivity index (χ2v) is 5.12. The SMILES string of the molecule is NC(=O)C(Oc1ccncn1)(c1ccccc1)N1CCOCC1. The summed E-state index contributed by atoms with van der Waals surface area (Å²) < 4.78 is 11.4. The molecule has 1 aromatic carbocycles. The fourth-order valence-electron chi connectivity index (χ4n) is 2.69. The zero-order chi connectivity index (χ0) is 16.1. The van der Waals surface area contributed by atoms with E-state index in [-0.39, 0.29) is 5.88 Å². The lowest BCUT2D eigenvalue weighted by molar-refractivity contribution is -0.166. The van der Waals surface area contributed by atoms with Gasteiger partial charge in [-0.25, -0.2) is 14.9 Å².